The molecule has 0 spiro atoms. The molecular formula is C20H22ClN5O. The molecule has 7 heteroatoms. The van der Waals surface area contributed by atoms with Crippen molar-refractivity contribution in [1.82, 2.24) is 0 Å². The van der Waals surface area contributed by atoms with Gasteiger partial charge in [0.2, 0.25) is 11.9 Å². The van der Waals surface area contributed by atoms with Gasteiger partial charge in [-0.2, -0.15) is 4.99 Å². The van der Waals surface area contributed by atoms with Crippen molar-refractivity contribution in [2.45, 2.75) is 19.5 Å². The summed E-state index contributed by atoms with van der Waals surface area (Å²) >= 11 is 0. The second-order valence-electron chi connectivity index (χ2n) is 6.42. The third-order valence-corrected chi connectivity index (χ3v) is 4.03. The molecule has 0 amide bonds. The van der Waals surface area contributed by atoms with Crippen LogP contribution in [0.5, 0.6) is 0 Å². The van der Waals surface area contributed by atoms with Gasteiger partial charge in [-0.3, -0.25) is 9.69 Å². The summed E-state index contributed by atoms with van der Waals surface area (Å²) in [7, 11) is 0. The quantitative estimate of drug-likeness (QED) is 0.625. The highest BCUT2D eigenvalue weighted by Crippen LogP contribution is 2.27. The number of anilines is 1. The van der Waals surface area contributed by atoms with Crippen LogP contribution in [-0.2, 0) is 0 Å². The second-order valence-corrected chi connectivity index (χ2v) is 6.42. The lowest BCUT2D eigenvalue weighted by atomic mass is 10.1. The molecule has 6 nitrogen and oxygen atoms in total. The van der Waals surface area contributed by atoms with Crippen molar-refractivity contribution in [3.05, 3.63) is 71.8 Å². The first kappa shape index (κ1) is 20.2. The lowest BCUT2D eigenvalue weighted by molar-refractivity contribution is 0.104. The molecule has 1 heterocycles. The first-order chi connectivity index (χ1) is 12.4. The topological polar surface area (TPSA) is 97.1 Å². The molecule has 0 bridgehead atoms. The number of halogens is 1. The third-order valence-electron chi connectivity index (χ3n) is 4.03. The maximum atomic E-state index is 12.4. The average molecular weight is 384 g/mol. The van der Waals surface area contributed by atoms with Gasteiger partial charge in [-0.15, -0.1) is 12.4 Å². The number of hydrogen-bond acceptors (Lipinski definition) is 6. The zero-order chi connectivity index (χ0) is 18.7. The summed E-state index contributed by atoms with van der Waals surface area (Å²) in [5.74, 6) is 0.356. The minimum Gasteiger partial charge on any atom is -0.369 e. The van der Waals surface area contributed by atoms with E-state index in [4.69, 9.17) is 11.5 Å². The molecule has 2 aromatic carbocycles. The molecule has 0 unspecified atom stereocenters. The largest absolute Gasteiger partial charge is 0.369 e. The molecule has 0 saturated carbocycles. The van der Waals surface area contributed by atoms with E-state index >= 15 is 0 Å². The fourth-order valence-electron chi connectivity index (χ4n) is 2.86. The van der Waals surface area contributed by atoms with E-state index in [1.54, 1.807) is 29.2 Å². The number of carbonyl (C=O) groups is 1. The highest BCUT2D eigenvalue weighted by Gasteiger charge is 2.32. The second kappa shape index (κ2) is 8.05. The van der Waals surface area contributed by atoms with Gasteiger partial charge in [-0.1, -0.05) is 36.4 Å². The molecule has 1 aliphatic rings. The Labute approximate surface area is 164 Å². The smallest absolute Gasteiger partial charge is 0.220 e. The zero-order valence-electron chi connectivity index (χ0n) is 15.2. The van der Waals surface area contributed by atoms with E-state index in [0.717, 1.165) is 11.3 Å². The van der Waals surface area contributed by atoms with Gasteiger partial charge in [0.1, 0.15) is 5.66 Å². The summed E-state index contributed by atoms with van der Waals surface area (Å²) in [5, 5.41) is 0. The molecule has 1 aliphatic heterocycles. The van der Waals surface area contributed by atoms with Crippen LogP contribution in [0.25, 0.3) is 6.08 Å². The number of guanidine groups is 2. The van der Waals surface area contributed by atoms with Crippen molar-refractivity contribution in [2.75, 3.05) is 4.90 Å². The minimum atomic E-state index is -0.658. The van der Waals surface area contributed by atoms with Gasteiger partial charge in [0, 0.05) is 11.3 Å². The van der Waals surface area contributed by atoms with E-state index in [1.807, 2.05) is 56.3 Å². The van der Waals surface area contributed by atoms with Gasteiger partial charge >= 0.3 is 0 Å². The maximum absolute atomic E-state index is 12.4. The number of benzene rings is 2. The predicted molar refractivity (Wildman–Crippen MR) is 113 cm³/mol. The molecule has 27 heavy (non-hydrogen) atoms. The third kappa shape index (κ3) is 4.54. The Hall–Kier alpha value is -3.12. The van der Waals surface area contributed by atoms with Crippen LogP contribution in [0.1, 0.15) is 29.8 Å². The number of allylic oxidation sites excluding steroid dienone is 1. The number of carbonyl (C=O) groups excluding carboxylic acids is 1. The van der Waals surface area contributed by atoms with Crippen LogP contribution in [0.4, 0.5) is 5.69 Å². The zero-order valence-corrected chi connectivity index (χ0v) is 16.0. The van der Waals surface area contributed by atoms with Crippen molar-refractivity contribution in [3.63, 3.8) is 0 Å². The molecule has 0 atom stereocenters. The van der Waals surface area contributed by atoms with Gasteiger partial charge < -0.3 is 11.5 Å². The molecule has 0 aliphatic carbocycles. The van der Waals surface area contributed by atoms with E-state index in [0.29, 0.717) is 5.56 Å². The fourth-order valence-corrected chi connectivity index (χ4v) is 2.86. The monoisotopic (exact) mass is 383 g/mol. The van der Waals surface area contributed by atoms with Crippen LogP contribution < -0.4 is 16.4 Å². The highest BCUT2D eigenvalue weighted by atomic mass is 35.5. The van der Waals surface area contributed by atoms with Gasteiger partial charge in [-0.25, -0.2) is 4.99 Å². The van der Waals surface area contributed by atoms with E-state index in [-0.39, 0.29) is 30.1 Å². The molecule has 2 aromatic rings. The van der Waals surface area contributed by atoms with Crippen molar-refractivity contribution in [1.29, 1.82) is 0 Å². The number of aliphatic imine (C=N–C) groups is 2. The molecule has 0 radical (unpaired) electrons. The van der Waals surface area contributed by atoms with Gasteiger partial charge in [0.15, 0.2) is 5.78 Å². The van der Waals surface area contributed by atoms with Crippen molar-refractivity contribution < 1.29 is 4.79 Å². The van der Waals surface area contributed by atoms with Crippen LogP contribution in [0.3, 0.4) is 0 Å². The van der Waals surface area contributed by atoms with Gasteiger partial charge in [-0.05, 0) is 49.8 Å². The summed E-state index contributed by atoms with van der Waals surface area (Å²) < 4.78 is 0. The summed E-state index contributed by atoms with van der Waals surface area (Å²) in [5.41, 5.74) is 13.4. The average Bonchev–Trinajstić information content (AvgIpc) is 2.59. The van der Waals surface area contributed by atoms with Gasteiger partial charge in [0.25, 0.3) is 0 Å². The fraction of sp³-hybridized carbons (Fsp3) is 0.150. The first-order valence-electron chi connectivity index (χ1n) is 8.24. The van der Waals surface area contributed by atoms with Gasteiger partial charge in [0.05, 0.1) is 0 Å². The summed E-state index contributed by atoms with van der Waals surface area (Å²) in [4.78, 5) is 22.5. The molecule has 0 fully saturated rings. The normalized spacial score (nSPS) is 15.7. The molecule has 0 saturated heterocycles. The molecule has 3 rings (SSSR count). The number of nitrogens with zero attached hydrogens (tertiary/aromatic N) is 3. The van der Waals surface area contributed by atoms with E-state index < -0.39 is 5.66 Å². The Morgan fingerprint density at radius 3 is 2.26 bits per heavy atom. The highest BCUT2D eigenvalue weighted by molar-refractivity contribution is 6.08. The number of ketones is 1. The first-order valence-corrected chi connectivity index (χ1v) is 8.24. The predicted octanol–water partition coefficient (Wildman–Crippen LogP) is 3.19. The standard InChI is InChI=1S/C20H21N5O.ClH/c1-20(2)24-18(21)23-19(22)25(20)16-11-9-15(10-12-16)17(26)13-8-14-6-4-3-5-7-14;/h3-13H,1-2H3,(H4,21,22,23,24);1H/b13-8+;. The summed E-state index contributed by atoms with van der Waals surface area (Å²) in [6.07, 6.45) is 3.36. The van der Waals surface area contributed by atoms with Crippen LogP contribution in [0.15, 0.2) is 70.7 Å². The molecule has 4 N–H and O–H groups in total. The molecule has 140 valence electrons. The van der Waals surface area contributed by atoms with Crippen molar-refractivity contribution in [3.8, 4) is 0 Å². The van der Waals surface area contributed by atoms with E-state index in [1.165, 1.54) is 0 Å². The van der Waals surface area contributed by atoms with Crippen LogP contribution in [0, 0.1) is 0 Å². The number of nitrogens with two attached hydrogens (primary N) is 2. The van der Waals surface area contributed by atoms with Crippen LogP contribution in [-0.4, -0.2) is 23.4 Å². The summed E-state index contributed by atoms with van der Waals surface area (Å²) in [6, 6.07) is 16.9. The number of rotatable bonds is 4. The molecule has 0 aromatic heterocycles. The lowest BCUT2D eigenvalue weighted by Gasteiger charge is -2.38. The Bertz CT molecular complexity index is 902. The Morgan fingerprint density at radius 2 is 1.67 bits per heavy atom. The van der Waals surface area contributed by atoms with Crippen molar-refractivity contribution in [2.24, 2.45) is 21.5 Å². The Morgan fingerprint density at radius 1 is 1.04 bits per heavy atom. The number of hydrogen-bond donors (Lipinski definition) is 2. The van der Waals surface area contributed by atoms with Crippen molar-refractivity contribution >= 4 is 41.9 Å². The SMILES string of the molecule is CC1(C)N=C(N)N=C(N)N1c1ccc(C(=O)/C=C/c2ccccc2)cc1.Cl. The summed E-state index contributed by atoms with van der Waals surface area (Å²) in [6.45, 7) is 3.78. The van der Waals surface area contributed by atoms with E-state index in [9.17, 15) is 4.79 Å². The Kier molecular flexibility index (Phi) is 6.02. The Balaban J connectivity index is 0.00000261. The molecular weight excluding hydrogens is 362 g/mol. The lowest BCUT2D eigenvalue weighted by Crippen LogP contribution is -2.54. The van der Waals surface area contributed by atoms with Crippen LogP contribution >= 0.6 is 12.4 Å². The van der Waals surface area contributed by atoms with E-state index in [2.05, 4.69) is 9.98 Å². The minimum absolute atomic E-state index is 0. The van der Waals surface area contributed by atoms with Crippen LogP contribution in [0.2, 0.25) is 0 Å². The maximum Gasteiger partial charge on any atom is 0.220 e.